The number of thioether (sulfide) groups is 1. The largest absolute Gasteiger partial charge is 0.481 e. The molecule has 1 saturated heterocycles. The summed E-state index contributed by atoms with van der Waals surface area (Å²) in [6, 6.07) is 13.6. The van der Waals surface area contributed by atoms with Gasteiger partial charge in [-0.3, -0.25) is 9.59 Å². The first-order valence-corrected chi connectivity index (χ1v) is 10.3. The van der Waals surface area contributed by atoms with Crippen molar-refractivity contribution < 1.29 is 19.4 Å². The molecule has 3 rings (SSSR count). The molecule has 1 aliphatic rings. The monoisotopic (exact) mass is 399 g/mol. The molecular weight excluding hydrogens is 374 g/mol. The Morgan fingerprint density at radius 2 is 2.04 bits per heavy atom. The zero-order valence-electron chi connectivity index (χ0n) is 16.2. The molecular formula is C22H25NO4S. The van der Waals surface area contributed by atoms with E-state index in [-0.39, 0.29) is 18.9 Å². The van der Waals surface area contributed by atoms with Crippen molar-refractivity contribution in [3.63, 3.8) is 0 Å². The van der Waals surface area contributed by atoms with Crippen LogP contribution in [0, 0.1) is 13.8 Å². The van der Waals surface area contributed by atoms with Crippen LogP contribution in [0.3, 0.4) is 0 Å². The molecule has 0 radical (unpaired) electrons. The van der Waals surface area contributed by atoms with Crippen LogP contribution in [0.25, 0.3) is 0 Å². The first-order valence-electron chi connectivity index (χ1n) is 9.33. The second-order valence-corrected chi connectivity index (χ2v) is 8.10. The van der Waals surface area contributed by atoms with Crippen molar-refractivity contribution in [3.05, 3.63) is 64.7 Å². The molecule has 1 atom stereocenters. The fraction of sp³-hybridized carbons (Fsp3) is 0.364. The van der Waals surface area contributed by atoms with Crippen molar-refractivity contribution in [2.45, 2.75) is 37.0 Å². The Labute approximate surface area is 169 Å². The summed E-state index contributed by atoms with van der Waals surface area (Å²) in [6.45, 7) is 5.30. The summed E-state index contributed by atoms with van der Waals surface area (Å²) in [6.07, 6.45) is -0.103. The van der Waals surface area contributed by atoms with Gasteiger partial charge in [0.2, 0.25) is 0 Å². The van der Waals surface area contributed by atoms with Gasteiger partial charge >= 0.3 is 5.97 Å². The van der Waals surface area contributed by atoms with Gasteiger partial charge in [-0.2, -0.15) is 0 Å². The number of aliphatic carboxylic acids is 1. The Morgan fingerprint density at radius 3 is 2.82 bits per heavy atom. The highest BCUT2D eigenvalue weighted by molar-refractivity contribution is 7.98. The van der Waals surface area contributed by atoms with Crippen molar-refractivity contribution in [2.75, 3.05) is 19.8 Å². The van der Waals surface area contributed by atoms with Crippen LogP contribution in [0.15, 0.2) is 47.4 Å². The van der Waals surface area contributed by atoms with Gasteiger partial charge in [0.25, 0.3) is 5.91 Å². The molecule has 0 saturated carbocycles. The molecule has 0 bridgehead atoms. The number of hydrogen-bond acceptors (Lipinski definition) is 4. The van der Waals surface area contributed by atoms with Gasteiger partial charge in [0, 0.05) is 22.8 Å². The first kappa shape index (κ1) is 20.4. The van der Waals surface area contributed by atoms with Crippen LogP contribution in [0.2, 0.25) is 0 Å². The summed E-state index contributed by atoms with van der Waals surface area (Å²) in [5, 5.41) is 9.10. The summed E-state index contributed by atoms with van der Waals surface area (Å²) in [7, 11) is 0. The van der Waals surface area contributed by atoms with Crippen LogP contribution in [0.4, 0.5) is 0 Å². The third-order valence-electron chi connectivity index (χ3n) is 4.81. The molecule has 1 heterocycles. The van der Waals surface area contributed by atoms with E-state index in [1.165, 1.54) is 16.0 Å². The second-order valence-electron chi connectivity index (χ2n) is 7.08. The normalized spacial score (nSPS) is 16.8. The van der Waals surface area contributed by atoms with E-state index >= 15 is 0 Å². The average Bonchev–Trinajstić information content (AvgIpc) is 2.68. The van der Waals surface area contributed by atoms with Crippen molar-refractivity contribution in [1.29, 1.82) is 0 Å². The molecule has 0 spiro atoms. The van der Waals surface area contributed by atoms with Crippen molar-refractivity contribution in [2.24, 2.45) is 0 Å². The summed E-state index contributed by atoms with van der Waals surface area (Å²) in [4.78, 5) is 27.0. The van der Waals surface area contributed by atoms with E-state index in [9.17, 15) is 9.59 Å². The summed E-state index contributed by atoms with van der Waals surface area (Å²) < 4.78 is 5.37. The number of morpholine rings is 1. The Bertz CT molecular complexity index is 867. The SMILES string of the molecule is Cc1ccc(C)c(SCc2cccc(C(=O)N3CCOCC3CC(=O)O)c2)c1. The van der Waals surface area contributed by atoms with Gasteiger partial charge in [0.05, 0.1) is 25.7 Å². The molecule has 0 aromatic heterocycles. The lowest BCUT2D eigenvalue weighted by molar-refractivity contribution is -0.139. The van der Waals surface area contributed by atoms with Crippen molar-refractivity contribution >= 4 is 23.6 Å². The molecule has 1 aliphatic heterocycles. The highest BCUT2D eigenvalue weighted by Gasteiger charge is 2.29. The zero-order chi connectivity index (χ0) is 20.1. The molecule has 1 unspecified atom stereocenters. The third-order valence-corrected chi connectivity index (χ3v) is 6.04. The maximum absolute atomic E-state index is 13.0. The number of aryl methyl sites for hydroxylation is 2. The Balaban J connectivity index is 1.72. The molecule has 148 valence electrons. The minimum absolute atomic E-state index is 0.103. The average molecular weight is 400 g/mol. The molecule has 6 heteroatoms. The Morgan fingerprint density at radius 1 is 1.21 bits per heavy atom. The van der Waals surface area contributed by atoms with Crippen LogP contribution in [-0.2, 0) is 15.3 Å². The van der Waals surface area contributed by atoms with Gasteiger partial charge in [-0.1, -0.05) is 29.8 Å². The number of benzene rings is 2. The van der Waals surface area contributed by atoms with Gasteiger partial charge in [0.1, 0.15) is 0 Å². The van der Waals surface area contributed by atoms with Gasteiger partial charge in [-0.25, -0.2) is 0 Å². The van der Waals surface area contributed by atoms with Crippen LogP contribution >= 0.6 is 11.8 Å². The van der Waals surface area contributed by atoms with Crippen LogP contribution < -0.4 is 0 Å². The molecule has 2 aromatic carbocycles. The van der Waals surface area contributed by atoms with E-state index in [4.69, 9.17) is 9.84 Å². The fourth-order valence-corrected chi connectivity index (χ4v) is 4.34. The second kappa shape index (κ2) is 9.26. The number of carbonyl (C=O) groups is 2. The van der Waals surface area contributed by atoms with Gasteiger partial charge in [-0.05, 0) is 43.2 Å². The minimum atomic E-state index is -0.924. The standard InChI is InChI=1S/C22H25NO4S/c1-15-6-7-16(2)20(10-15)28-14-17-4-3-5-18(11-17)22(26)23-8-9-27-13-19(23)12-21(24)25/h3-7,10-11,19H,8-9,12-14H2,1-2H3,(H,24,25). The van der Waals surface area contributed by atoms with Crippen LogP contribution in [0.1, 0.15) is 33.5 Å². The van der Waals surface area contributed by atoms with Gasteiger partial charge in [0.15, 0.2) is 0 Å². The summed E-state index contributed by atoms with van der Waals surface area (Å²) in [5.74, 6) is -0.285. The number of carbonyl (C=O) groups excluding carboxylic acids is 1. The third kappa shape index (κ3) is 5.14. The van der Waals surface area contributed by atoms with E-state index < -0.39 is 12.0 Å². The topological polar surface area (TPSA) is 66.8 Å². The van der Waals surface area contributed by atoms with Gasteiger partial charge in [-0.15, -0.1) is 11.8 Å². The quantitative estimate of drug-likeness (QED) is 0.746. The maximum Gasteiger partial charge on any atom is 0.305 e. The molecule has 2 aromatic rings. The maximum atomic E-state index is 13.0. The molecule has 1 N–H and O–H groups in total. The first-order chi connectivity index (χ1) is 13.4. The number of carboxylic acids is 1. The zero-order valence-corrected chi connectivity index (χ0v) is 17.0. The molecule has 28 heavy (non-hydrogen) atoms. The minimum Gasteiger partial charge on any atom is -0.481 e. The fourth-order valence-electron chi connectivity index (χ4n) is 3.28. The van der Waals surface area contributed by atoms with Crippen molar-refractivity contribution in [3.8, 4) is 0 Å². The van der Waals surface area contributed by atoms with E-state index in [0.717, 1.165) is 11.3 Å². The van der Waals surface area contributed by atoms with Crippen LogP contribution in [0.5, 0.6) is 0 Å². The Hall–Kier alpha value is -2.31. The predicted octanol–water partition coefficient (Wildman–Crippen LogP) is 3.91. The molecule has 1 amide bonds. The molecule has 1 fully saturated rings. The van der Waals surface area contributed by atoms with E-state index in [0.29, 0.717) is 18.7 Å². The van der Waals surface area contributed by atoms with Gasteiger partial charge < -0.3 is 14.7 Å². The van der Waals surface area contributed by atoms with E-state index in [1.807, 2.05) is 18.2 Å². The van der Waals surface area contributed by atoms with Crippen LogP contribution in [-0.4, -0.2) is 47.7 Å². The lowest BCUT2D eigenvalue weighted by atomic mass is 10.1. The molecule has 5 nitrogen and oxygen atoms in total. The highest BCUT2D eigenvalue weighted by atomic mass is 32.2. The Kier molecular flexibility index (Phi) is 6.75. The van der Waals surface area contributed by atoms with Crippen molar-refractivity contribution in [1.82, 2.24) is 4.90 Å². The lowest BCUT2D eigenvalue weighted by Crippen LogP contribution is -2.49. The number of amides is 1. The predicted molar refractivity (Wildman–Crippen MR) is 110 cm³/mol. The number of carboxylic acid groups (broad SMARTS) is 1. The van der Waals surface area contributed by atoms with E-state index in [2.05, 4.69) is 32.0 Å². The van der Waals surface area contributed by atoms with E-state index in [1.54, 1.807) is 22.7 Å². The summed E-state index contributed by atoms with van der Waals surface area (Å²) in [5.41, 5.74) is 4.14. The number of ether oxygens (including phenoxy) is 1. The number of hydrogen-bond donors (Lipinski definition) is 1. The number of rotatable bonds is 6. The summed E-state index contributed by atoms with van der Waals surface area (Å²) >= 11 is 1.76. The lowest BCUT2D eigenvalue weighted by Gasteiger charge is -2.35. The highest BCUT2D eigenvalue weighted by Crippen LogP contribution is 2.27. The number of nitrogens with zero attached hydrogens (tertiary/aromatic N) is 1. The smallest absolute Gasteiger partial charge is 0.305 e. The molecule has 0 aliphatic carbocycles.